The number of nitrogens with one attached hydrogen (secondary N) is 3. The molecule has 6 nitrogen and oxygen atoms in total. The van der Waals surface area contributed by atoms with Gasteiger partial charge in [-0.1, -0.05) is 0 Å². The molecule has 3 amide bonds. The van der Waals surface area contributed by atoms with E-state index in [-0.39, 0.29) is 23.6 Å². The van der Waals surface area contributed by atoms with Crippen molar-refractivity contribution in [2.24, 2.45) is 5.92 Å². The Labute approximate surface area is 120 Å². The van der Waals surface area contributed by atoms with Gasteiger partial charge in [-0.05, 0) is 25.0 Å². The number of hydrogen-bond donors (Lipinski definition) is 3. The van der Waals surface area contributed by atoms with Crippen LogP contribution in [0.2, 0.25) is 0 Å². The normalized spacial score (nSPS) is 13.7. The van der Waals surface area contributed by atoms with Gasteiger partial charge in [-0.25, -0.2) is 0 Å². The van der Waals surface area contributed by atoms with E-state index >= 15 is 0 Å². The molecule has 1 saturated carbocycles. The molecule has 0 bridgehead atoms. The van der Waals surface area contributed by atoms with Crippen LogP contribution in [0.5, 0.6) is 0 Å². The summed E-state index contributed by atoms with van der Waals surface area (Å²) in [5.74, 6) is -0.149. The summed E-state index contributed by atoms with van der Waals surface area (Å²) in [6.45, 7) is 2.20. The van der Waals surface area contributed by atoms with Crippen molar-refractivity contribution in [3.05, 3.63) is 17.0 Å². The van der Waals surface area contributed by atoms with Crippen molar-refractivity contribution in [2.45, 2.75) is 19.8 Å². The van der Waals surface area contributed by atoms with Gasteiger partial charge in [0.1, 0.15) is 0 Å². The highest BCUT2D eigenvalue weighted by Crippen LogP contribution is 2.31. The number of amides is 3. The Morgan fingerprint density at radius 3 is 2.55 bits per heavy atom. The summed E-state index contributed by atoms with van der Waals surface area (Å²) in [6.07, 6.45) is 1.90. The van der Waals surface area contributed by atoms with Gasteiger partial charge in [-0.15, -0.1) is 11.3 Å². The van der Waals surface area contributed by atoms with Crippen LogP contribution in [-0.4, -0.2) is 30.8 Å². The maximum atomic E-state index is 11.8. The summed E-state index contributed by atoms with van der Waals surface area (Å²) in [5, 5.41) is 8.79. The zero-order valence-electron chi connectivity index (χ0n) is 11.2. The lowest BCUT2D eigenvalue weighted by molar-refractivity contribution is -0.119. The van der Waals surface area contributed by atoms with Crippen molar-refractivity contribution in [3.8, 4) is 0 Å². The number of anilines is 1. The van der Waals surface area contributed by atoms with Crippen molar-refractivity contribution < 1.29 is 14.4 Å². The molecule has 0 aliphatic heterocycles. The van der Waals surface area contributed by atoms with Crippen LogP contribution >= 0.6 is 11.3 Å². The number of thiophene rings is 1. The van der Waals surface area contributed by atoms with E-state index < -0.39 is 0 Å². The predicted octanol–water partition coefficient (Wildman–Crippen LogP) is 0.962. The molecule has 0 atom stereocenters. The van der Waals surface area contributed by atoms with Crippen molar-refractivity contribution in [2.75, 3.05) is 18.4 Å². The summed E-state index contributed by atoms with van der Waals surface area (Å²) in [7, 11) is 0. The fourth-order valence-electron chi connectivity index (χ4n) is 1.60. The monoisotopic (exact) mass is 295 g/mol. The molecule has 2 rings (SSSR count). The average Bonchev–Trinajstić information content (AvgIpc) is 3.15. The highest BCUT2D eigenvalue weighted by Gasteiger charge is 2.29. The van der Waals surface area contributed by atoms with E-state index in [1.807, 2.05) is 0 Å². The van der Waals surface area contributed by atoms with Crippen LogP contribution in [0.25, 0.3) is 0 Å². The summed E-state index contributed by atoms with van der Waals surface area (Å²) >= 11 is 1.25. The molecule has 1 aliphatic carbocycles. The van der Waals surface area contributed by atoms with Gasteiger partial charge in [0.05, 0.1) is 9.88 Å². The van der Waals surface area contributed by atoms with Crippen LogP contribution in [-0.2, 0) is 9.59 Å². The van der Waals surface area contributed by atoms with Crippen LogP contribution in [0.4, 0.5) is 5.00 Å². The van der Waals surface area contributed by atoms with Gasteiger partial charge in [0.25, 0.3) is 5.91 Å². The average molecular weight is 295 g/mol. The molecule has 0 aromatic carbocycles. The zero-order chi connectivity index (χ0) is 14.5. The Balaban J connectivity index is 1.77. The number of carbonyl (C=O) groups is 3. The minimum absolute atomic E-state index is 0.0319. The minimum atomic E-state index is -0.202. The Morgan fingerprint density at radius 2 is 1.90 bits per heavy atom. The van der Waals surface area contributed by atoms with Crippen LogP contribution in [0.15, 0.2) is 12.1 Å². The van der Waals surface area contributed by atoms with Crippen LogP contribution < -0.4 is 16.0 Å². The van der Waals surface area contributed by atoms with Crippen molar-refractivity contribution in [1.82, 2.24) is 10.6 Å². The van der Waals surface area contributed by atoms with E-state index in [4.69, 9.17) is 0 Å². The van der Waals surface area contributed by atoms with Crippen molar-refractivity contribution in [1.29, 1.82) is 0 Å². The number of hydrogen-bond acceptors (Lipinski definition) is 4. The summed E-state index contributed by atoms with van der Waals surface area (Å²) in [4.78, 5) is 34.6. The third-order valence-corrected chi connectivity index (χ3v) is 3.81. The molecule has 7 heteroatoms. The largest absolute Gasteiger partial charge is 0.355 e. The quantitative estimate of drug-likeness (QED) is 0.683. The van der Waals surface area contributed by atoms with Gasteiger partial charge in [0.15, 0.2) is 0 Å². The molecular weight excluding hydrogens is 278 g/mol. The van der Waals surface area contributed by atoms with Crippen molar-refractivity contribution in [3.63, 3.8) is 0 Å². The molecule has 0 radical (unpaired) electrons. The first-order valence-corrected chi connectivity index (χ1v) is 7.31. The second-order valence-electron chi connectivity index (χ2n) is 4.67. The molecule has 1 fully saturated rings. The van der Waals surface area contributed by atoms with Gasteiger partial charge in [0.2, 0.25) is 11.8 Å². The van der Waals surface area contributed by atoms with E-state index in [1.54, 1.807) is 12.1 Å². The first-order chi connectivity index (χ1) is 9.56. The van der Waals surface area contributed by atoms with Crippen LogP contribution in [0.1, 0.15) is 29.4 Å². The highest BCUT2D eigenvalue weighted by atomic mass is 32.1. The number of rotatable bonds is 6. The third kappa shape index (κ3) is 4.34. The maximum absolute atomic E-state index is 11.8. The second-order valence-corrected chi connectivity index (χ2v) is 5.75. The predicted molar refractivity (Wildman–Crippen MR) is 76.7 cm³/mol. The van der Waals surface area contributed by atoms with E-state index in [9.17, 15) is 14.4 Å². The molecule has 20 heavy (non-hydrogen) atoms. The molecule has 1 aromatic heterocycles. The molecule has 1 heterocycles. The fraction of sp³-hybridized carbons (Fsp3) is 0.462. The standard InChI is InChI=1S/C13H17N3O3S/c1-8(17)14-6-7-15-13(19)10-4-5-11(20-10)16-12(18)9-2-3-9/h4-5,9H,2-3,6-7H2,1H3,(H,14,17)(H,15,19)(H,16,18). The highest BCUT2D eigenvalue weighted by molar-refractivity contribution is 7.18. The smallest absolute Gasteiger partial charge is 0.261 e. The molecule has 3 N–H and O–H groups in total. The van der Waals surface area contributed by atoms with Gasteiger partial charge >= 0.3 is 0 Å². The maximum Gasteiger partial charge on any atom is 0.261 e. The first-order valence-electron chi connectivity index (χ1n) is 6.49. The molecule has 108 valence electrons. The summed E-state index contributed by atoms with van der Waals surface area (Å²) < 4.78 is 0. The third-order valence-electron chi connectivity index (χ3n) is 2.81. The second kappa shape index (κ2) is 6.51. The molecule has 0 unspecified atom stereocenters. The van der Waals surface area contributed by atoms with Gasteiger partial charge in [-0.2, -0.15) is 0 Å². The van der Waals surface area contributed by atoms with E-state index in [0.717, 1.165) is 12.8 Å². The van der Waals surface area contributed by atoms with Gasteiger partial charge in [-0.3, -0.25) is 14.4 Å². The van der Waals surface area contributed by atoms with E-state index in [2.05, 4.69) is 16.0 Å². The Kier molecular flexibility index (Phi) is 4.73. The molecule has 1 aliphatic rings. The number of carbonyl (C=O) groups excluding carboxylic acids is 3. The summed E-state index contributed by atoms with van der Waals surface area (Å²) in [5.41, 5.74) is 0. The Bertz CT molecular complexity index is 523. The zero-order valence-corrected chi connectivity index (χ0v) is 12.0. The first kappa shape index (κ1) is 14.5. The minimum Gasteiger partial charge on any atom is -0.355 e. The lowest BCUT2D eigenvalue weighted by atomic mass is 10.4. The lowest BCUT2D eigenvalue weighted by Gasteiger charge is -2.04. The van der Waals surface area contributed by atoms with Crippen LogP contribution in [0.3, 0.4) is 0 Å². The lowest BCUT2D eigenvalue weighted by Crippen LogP contribution is -2.33. The SMILES string of the molecule is CC(=O)NCCNC(=O)c1ccc(NC(=O)C2CC2)s1. The Morgan fingerprint density at radius 1 is 1.20 bits per heavy atom. The van der Waals surface area contributed by atoms with Crippen molar-refractivity contribution >= 4 is 34.1 Å². The fourth-order valence-corrected chi connectivity index (χ4v) is 2.42. The van der Waals surface area contributed by atoms with E-state index in [1.165, 1.54) is 18.3 Å². The van der Waals surface area contributed by atoms with Crippen LogP contribution in [0, 0.1) is 5.92 Å². The van der Waals surface area contributed by atoms with Gasteiger partial charge < -0.3 is 16.0 Å². The molecule has 0 spiro atoms. The van der Waals surface area contributed by atoms with E-state index in [0.29, 0.717) is 23.0 Å². The summed E-state index contributed by atoms with van der Waals surface area (Å²) in [6, 6.07) is 3.41. The van der Waals surface area contributed by atoms with Gasteiger partial charge in [0, 0.05) is 25.9 Å². The topological polar surface area (TPSA) is 87.3 Å². The molecular formula is C13H17N3O3S. The molecule has 0 saturated heterocycles. The Hall–Kier alpha value is -1.89. The molecule has 1 aromatic rings.